The van der Waals surface area contributed by atoms with Gasteiger partial charge in [0.2, 0.25) is 0 Å². The molecular weight excluding hydrogens is 146 g/mol. The van der Waals surface area contributed by atoms with Gasteiger partial charge in [0, 0.05) is 20.2 Å². The van der Waals surface area contributed by atoms with Crippen molar-refractivity contribution in [3.8, 4) is 0 Å². The minimum absolute atomic E-state index is 0.0106. The zero-order chi connectivity index (χ0) is 8.43. The first-order chi connectivity index (χ1) is 5.15. The minimum atomic E-state index is -0.524. The predicted octanol–water partition coefficient (Wildman–Crippen LogP) is -1.43. The van der Waals surface area contributed by atoms with Gasteiger partial charge in [0.15, 0.2) is 5.96 Å². The molecule has 64 valence electrons. The van der Waals surface area contributed by atoms with Gasteiger partial charge in [-0.1, -0.05) is 0 Å². The quantitative estimate of drug-likeness (QED) is 0.323. The van der Waals surface area contributed by atoms with Gasteiger partial charge in [0.05, 0.1) is 6.10 Å². The number of hydrogen-bond acceptors (Lipinski definition) is 3. The summed E-state index contributed by atoms with van der Waals surface area (Å²) in [6, 6.07) is 0. The molecule has 4 N–H and O–H groups in total. The number of hydrogen-bond donors (Lipinski definition) is 3. The van der Waals surface area contributed by atoms with E-state index in [2.05, 4.69) is 0 Å². The van der Waals surface area contributed by atoms with Crippen molar-refractivity contribution in [3.63, 3.8) is 0 Å². The third kappa shape index (κ3) is 1.61. The number of β-amino-alcohol motifs (C(OH)–C–C–N with tert-alkyl or cyclic N) is 1. The zero-order valence-electron chi connectivity index (χ0n) is 6.45. The number of nitrogens with one attached hydrogen (secondary N) is 1. The van der Waals surface area contributed by atoms with Crippen molar-refractivity contribution in [2.75, 3.05) is 20.2 Å². The average Bonchev–Trinajstić information content (AvgIpc) is 2.31. The monoisotopic (exact) mass is 159 g/mol. The van der Waals surface area contributed by atoms with Crippen LogP contribution in [0.15, 0.2) is 0 Å². The lowest BCUT2D eigenvalue weighted by molar-refractivity contribution is 0.0216. The minimum Gasteiger partial charge on any atom is -0.388 e. The summed E-state index contributed by atoms with van der Waals surface area (Å²) in [5, 5.41) is 16.4. The van der Waals surface area contributed by atoms with E-state index < -0.39 is 6.10 Å². The van der Waals surface area contributed by atoms with Gasteiger partial charge in [0.25, 0.3) is 0 Å². The molecule has 1 saturated heterocycles. The van der Waals surface area contributed by atoms with Gasteiger partial charge >= 0.3 is 0 Å². The van der Waals surface area contributed by atoms with Crippen molar-refractivity contribution in [1.82, 2.24) is 4.90 Å². The van der Waals surface area contributed by atoms with E-state index in [1.165, 1.54) is 7.11 Å². The first-order valence-corrected chi connectivity index (χ1v) is 3.45. The summed E-state index contributed by atoms with van der Waals surface area (Å²) in [5.74, 6) is -0.0106. The van der Waals surface area contributed by atoms with Crippen molar-refractivity contribution < 1.29 is 9.84 Å². The first-order valence-electron chi connectivity index (χ1n) is 3.45. The second kappa shape index (κ2) is 3.06. The number of rotatable bonds is 1. The smallest absolute Gasteiger partial charge is 0.188 e. The Hall–Kier alpha value is -0.810. The van der Waals surface area contributed by atoms with Gasteiger partial charge in [-0.3, -0.25) is 5.41 Å². The molecular formula is C6H13N3O2. The molecule has 1 aliphatic rings. The molecule has 0 aliphatic carbocycles. The SMILES string of the molecule is CO[C@@H]1CN(C(=N)N)C[C@@H]1O. The van der Waals surface area contributed by atoms with E-state index in [0.29, 0.717) is 13.1 Å². The van der Waals surface area contributed by atoms with Crippen LogP contribution >= 0.6 is 0 Å². The largest absolute Gasteiger partial charge is 0.388 e. The van der Waals surface area contributed by atoms with E-state index in [1.54, 1.807) is 4.90 Å². The highest BCUT2D eigenvalue weighted by Gasteiger charge is 2.31. The topological polar surface area (TPSA) is 82.6 Å². The fraction of sp³-hybridized carbons (Fsp3) is 0.833. The molecule has 0 aromatic heterocycles. The first kappa shape index (κ1) is 8.29. The van der Waals surface area contributed by atoms with Gasteiger partial charge in [-0.15, -0.1) is 0 Å². The fourth-order valence-corrected chi connectivity index (χ4v) is 1.19. The Kier molecular flexibility index (Phi) is 2.31. The van der Waals surface area contributed by atoms with Crippen LogP contribution < -0.4 is 5.73 Å². The highest BCUT2D eigenvalue weighted by molar-refractivity contribution is 5.75. The molecule has 5 heteroatoms. The lowest BCUT2D eigenvalue weighted by atomic mass is 10.3. The molecule has 0 saturated carbocycles. The Morgan fingerprint density at radius 3 is 2.64 bits per heavy atom. The van der Waals surface area contributed by atoms with Crippen LogP contribution in [0.4, 0.5) is 0 Å². The predicted molar refractivity (Wildman–Crippen MR) is 40.3 cm³/mol. The lowest BCUT2D eigenvalue weighted by Gasteiger charge is -2.13. The highest BCUT2D eigenvalue weighted by atomic mass is 16.5. The summed E-state index contributed by atoms with van der Waals surface area (Å²) in [6.07, 6.45) is -0.734. The van der Waals surface area contributed by atoms with E-state index >= 15 is 0 Å². The van der Waals surface area contributed by atoms with Crippen LogP contribution in [-0.2, 0) is 4.74 Å². The maximum Gasteiger partial charge on any atom is 0.188 e. The summed E-state index contributed by atoms with van der Waals surface area (Å²) in [7, 11) is 1.54. The number of nitrogens with zero attached hydrogens (tertiary/aromatic N) is 1. The molecule has 5 nitrogen and oxygen atoms in total. The third-order valence-electron chi connectivity index (χ3n) is 1.88. The second-order valence-electron chi connectivity index (χ2n) is 2.63. The van der Waals surface area contributed by atoms with Gasteiger partial charge in [-0.05, 0) is 0 Å². The fourth-order valence-electron chi connectivity index (χ4n) is 1.19. The van der Waals surface area contributed by atoms with Crippen molar-refractivity contribution in [3.05, 3.63) is 0 Å². The summed E-state index contributed by atoms with van der Waals surface area (Å²) in [5.41, 5.74) is 5.22. The molecule has 0 aromatic carbocycles. The molecule has 0 aromatic rings. The molecule has 1 rings (SSSR count). The van der Waals surface area contributed by atoms with Crippen LogP contribution in [0.1, 0.15) is 0 Å². The number of likely N-dealkylation sites (tertiary alicyclic amines) is 1. The van der Waals surface area contributed by atoms with Crippen molar-refractivity contribution >= 4 is 5.96 Å². The van der Waals surface area contributed by atoms with E-state index in [9.17, 15) is 5.11 Å². The molecule has 0 radical (unpaired) electrons. The Bertz CT molecular complexity index is 162. The Labute approximate surface area is 65.3 Å². The van der Waals surface area contributed by atoms with Crippen molar-refractivity contribution in [2.45, 2.75) is 12.2 Å². The summed E-state index contributed by atoms with van der Waals surface area (Å²) in [4.78, 5) is 1.58. The molecule has 2 atom stereocenters. The summed E-state index contributed by atoms with van der Waals surface area (Å²) >= 11 is 0. The number of methoxy groups -OCH3 is 1. The molecule has 1 aliphatic heterocycles. The molecule has 1 fully saturated rings. The molecule has 1 heterocycles. The second-order valence-corrected chi connectivity index (χ2v) is 2.63. The highest BCUT2D eigenvalue weighted by Crippen LogP contribution is 2.11. The molecule has 0 spiro atoms. The Balaban J connectivity index is 2.49. The molecule has 11 heavy (non-hydrogen) atoms. The molecule has 0 amide bonds. The van der Waals surface area contributed by atoms with Crippen molar-refractivity contribution in [2.24, 2.45) is 5.73 Å². The number of guanidine groups is 1. The number of ether oxygens (including phenoxy) is 1. The Morgan fingerprint density at radius 1 is 1.73 bits per heavy atom. The van der Waals surface area contributed by atoms with Crippen molar-refractivity contribution in [1.29, 1.82) is 5.41 Å². The van der Waals surface area contributed by atoms with Gasteiger partial charge in [-0.25, -0.2) is 0 Å². The van der Waals surface area contributed by atoms with Gasteiger partial charge < -0.3 is 20.5 Å². The van der Waals surface area contributed by atoms with Crippen LogP contribution in [0.25, 0.3) is 0 Å². The van der Waals surface area contributed by atoms with Crippen LogP contribution in [0, 0.1) is 5.41 Å². The third-order valence-corrected chi connectivity index (χ3v) is 1.88. The van der Waals surface area contributed by atoms with E-state index in [0.717, 1.165) is 0 Å². The normalized spacial score (nSPS) is 30.9. The lowest BCUT2D eigenvalue weighted by Crippen LogP contribution is -2.35. The van der Waals surface area contributed by atoms with Gasteiger partial charge in [-0.2, -0.15) is 0 Å². The van der Waals surface area contributed by atoms with E-state index in [-0.39, 0.29) is 12.1 Å². The average molecular weight is 159 g/mol. The van der Waals surface area contributed by atoms with Gasteiger partial charge in [0.1, 0.15) is 6.10 Å². The molecule has 0 bridgehead atoms. The maximum absolute atomic E-state index is 9.29. The van der Waals surface area contributed by atoms with Crippen LogP contribution in [-0.4, -0.2) is 48.4 Å². The van der Waals surface area contributed by atoms with Crippen LogP contribution in [0.2, 0.25) is 0 Å². The van der Waals surface area contributed by atoms with Crippen LogP contribution in [0.3, 0.4) is 0 Å². The number of aliphatic hydroxyl groups excluding tert-OH is 1. The maximum atomic E-state index is 9.29. The zero-order valence-corrected chi connectivity index (χ0v) is 6.45. The van der Waals surface area contributed by atoms with E-state index in [4.69, 9.17) is 15.9 Å². The summed E-state index contributed by atoms with van der Waals surface area (Å²) in [6.45, 7) is 0.904. The number of nitrogens with two attached hydrogens (primary N) is 1. The van der Waals surface area contributed by atoms with E-state index in [1.807, 2.05) is 0 Å². The molecule has 0 unspecified atom stereocenters. The standard InChI is InChI=1S/C6H13N3O2/c1-11-5-3-9(6(7)8)2-4(5)10/h4-5,10H,2-3H2,1H3,(H3,7,8)/t4-,5+/m0/s1. The number of aliphatic hydroxyl groups is 1. The Morgan fingerprint density at radius 2 is 2.36 bits per heavy atom. The van der Waals surface area contributed by atoms with Crippen LogP contribution in [0.5, 0.6) is 0 Å². The summed E-state index contributed by atoms with van der Waals surface area (Å²) < 4.78 is 4.96.